The van der Waals surface area contributed by atoms with E-state index >= 15 is 0 Å². The summed E-state index contributed by atoms with van der Waals surface area (Å²) in [5.41, 5.74) is 0. The van der Waals surface area contributed by atoms with Crippen molar-refractivity contribution >= 4 is 0 Å². The van der Waals surface area contributed by atoms with Crippen molar-refractivity contribution in [2.75, 3.05) is 6.54 Å². The molecule has 84 valence electrons. The van der Waals surface area contributed by atoms with Crippen LogP contribution in [0.25, 0.3) is 11.6 Å². The number of aromatic nitrogens is 4. The van der Waals surface area contributed by atoms with E-state index in [1.54, 1.807) is 18.5 Å². The maximum absolute atomic E-state index is 5.13. The average Bonchev–Trinajstić information content (AvgIpc) is 2.80. The van der Waals surface area contributed by atoms with Crippen LogP contribution in [-0.2, 0) is 0 Å². The van der Waals surface area contributed by atoms with E-state index in [1.165, 1.54) is 0 Å². The van der Waals surface area contributed by atoms with Crippen molar-refractivity contribution in [3.63, 3.8) is 0 Å². The number of rotatable bonds is 4. The summed E-state index contributed by atoms with van der Waals surface area (Å²) in [6.07, 6.45) is 3.29. The van der Waals surface area contributed by atoms with Gasteiger partial charge in [0.25, 0.3) is 0 Å². The molecule has 0 aliphatic heterocycles. The van der Waals surface area contributed by atoms with Gasteiger partial charge in [-0.1, -0.05) is 12.1 Å². The van der Waals surface area contributed by atoms with Crippen LogP contribution in [0.5, 0.6) is 0 Å². The van der Waals surface area contributed by atoms with Gasteiger partial charge in [-0.2, -0.15) is 4.98 Å². The molecule has 6 heteroatoms. The summed E-state index contributed by atoms with van der Waals surface area (Å²) >= 11 is 0. The molecule has 6 nitrogen and oxygen atoms in total. The first kappa shape index (κ1) is 10.7. The molecule has 0 aromatic carbocycles. The summed E-state index contributed by atoms with van der Waals surface area (Å²) < 4.78 is 5.13. The fraction of sp³-hybridized carbons (Fsp3) is 0.400. The van der Waals surface area contributed by atoms with Crippen molar-refractivity contribution in [2.45, 2.75) is 19.9 Å². The van der Waals surface area contributed by atoms with Crippen molar-refractivity contribution in [1.29, 1.82) is 0 Å². The molecule has 0 aliphatic carbocycles. The number of hydrogen-bond acceptors (Lipinski definition) is 6. The summed E-state index contributed by atoms with van der Waals surface area (Å²) in [7, 11) is 0. The van der Waals surface area contributed by atoms with Crippen molar-refractivity contribution in [3.05, 3.63) is 24.4 Å². The van der Waals surface area contributed by atoms with E-state index in [4.69, 9.17) is 4.52 Å². The molecule has 0 fully saturated rings. The highest BCUT2D eigenvalue weighted by molar-refractivity contribution is 5.40. The van der Waals surface area contributed by atoms with Gasteiger partial charge in [-0.3, -0.25) is 0 Å². The van der Waals surface area contributed by atoms with Gasteiger partial charge in [0, 0.05) is 12.4 Å². The van der Waals surface area contributed by atoms with Crippen molar-refractivity contribution < 1.29 is 4.52 Å². The Morgan fingerprint density at radius 1 is 1.31 bits per heavy atom. The van der Waals surface area contributed by atoms with Crippen LogP contribution in [0.15, 0.2) is 23.0 Å². The van der Waals surface area contributed by atoms with Crippen LogP contribution in [0.4, 0.5) is 0 Å². The van der Waals surface area contributed by atoms with Gasteiger partial charge in [-0.25, -0.2) is 9.97 Å². The van der Waals surface area contributed by atoms with Crippen LogP contribution in [-0.4, -0.2) is 26.7 Å². The first-order valence-electron chi connectivity index (χ1n) is 5.15. The summed E-state index contributed by atoms with van der Waals surface area (Å²) in [5, 5.41) is 7.03. The second kappa shape index (κ2) is 4.80. The lowest BCUT2D eigenvalue weighted by Crippen LogP contribution is -2.17. The van der Waals surface area contributed by atoms with Crippen LogP contribution in [0.3, 0.4) is 0 Å². The fourth-order valence-electron chi connectivity index (χ4n) is 1.31. The van der Waals surface area contributed by atoms with Gasteiger partial charge < -0.3 is 9.84 Å². The molecule has 2 rings (SSSR count). The molecule has 0 aliphatic rings. The van der Waals surface area contributed by atoms with Crippen LogP contribution in [0.2, 0.25) is 0 Å². The van der Waals surface area contributed by atoms with E-state index in [-0.39, 0.29) is 6.04 Å². The van der Waals surface area contributed by atoms with Crippen molar-refractivity contribution in [3.8, 4) is 11.6 Å². The van der Waals surface area contributed by atoms with Gasteiger partial charge in [-0.15, -0.1) is 0 Å². The molecule has 0 saturated heterocycles. The topological polar surface area (TPSA) is 76.7 Å². The van der Waals surface area contributed by atoms with Gasteiger partial charge >= 0.3 is 0 Å². The van der Waals surface area contributed by atoms with Gasteiger partial charge in [0.2, 0.25) is 17.5 Å². The molecule has 2 heterocycles. The van der Waals surface area contributed by atoms with Crippen molar-refractivity contribution in [1.82, 2.24) is 25.4 Å². The normalized spacial score (nSPS) is 12.6. The highest BCUT2D eigenvalue weighted by Gasteiger charge is 2.15. The molecule has 0 spiro atoms. The maximum Gasteiger partial charge on any atom is 0.243 e. The molecule has 0 radical (unpaired) electrons. The Hall–Kier alpha value is -1.82. The minimum Gasteiger partial charge on any atom is -0.337 e. The van der Waals surface area contributed by atoms with E-state index in [9.17, 15) is 0 Å². The molecule has 16 heavy (non-hydrogen) atoms. The Morgan fingerprint density at radius 3 is 2.75 bits per heavy atom. The summed E-state index contributed by atoms with van der Waals surface area (Å²) in [6.45, 7) is 4.83. The molecule has 0 amide bonds. The van der Waals surface area contributed by atoms with Gasteiger partial charge in [0.15, 0.2) is 0 Å². The Kier molecular flexibility index (Phi) is 3.21. The third-order valence-electron chi connectivity index (χ3n) is 2.09. The van der Waals surface area contributed by atoms with Gasteiger partial charge in [-0.05, 0) is 19.5 Å². The smallest absolute Gasteiger partial charge is 0.243 e. The summed E-state index contributed by atoms with van der Waals surface area (Å²) in [4.78, 5) is 12.3. The van der Waals surface area contributed by atoms with E-state index in [1.807, 2.05) is 13.8 Å². The minimum atomic E-state index is 0.0370. The molecule has 2 aromatic heterocycles. The van der Waals surface area contributed by atoms with Crippen LogP contribution < -0.4 is 5.32 Å². The van der Waals surface area contributed by atoms with E-state index in [0.717, 1.165) is 6.54 Å². The van der Waals surface area contributed by atoms with E-state index < -0.39 is 0 Å². The summed E-state index contributed by atoms with van der Waals surface area (Å²) in [6, 6.07) is 1.78. The third-order valence-corrected chi connectivity index (χ3v) is 2.09. The van der Waals surface area contributed by atoms with Crippen molar-refractivity contribution in [2.24, 2.45) is 0 Å². The molecule has 2 aromatic rings. The predicted molar refractivity (Wildman–Crippen MR) is 57.4 cm³/mol. The fourth-order valence-corrected chi connectivity index (χ4v) is 1.31. The Labute approximate surface area is 93.1 Å². The minimum absolute atomic E-state index is 0.0370. The Balaban J connectivity index is 2.20. The SMILES string of the molecule is CCNC(C)c1nc(-c2ncccn2)no1. The van der Waals surface area contributed by atoms with Gasteiger partial charge in [0.1, 0.15) is 0 Å². The number of hydrogen-bond donors (Lipinski definition) is 1. The molecule has 1 atom stereocenters. The zero-order chi connectivity index (χ0) is 11.4. The van der Waals surface area contributed by atoms with Crippen LogP contribution >= 0.6 is 0 Å². The lowest BCUT2D eigenvalue weighted by atomic mass is 10.3. The standard InChI is InChI=1S/C10H13N5O/c1-3-11-7(2)10-14-9(15-16-10)8-12-5-4-6-13-8/h4-7,11H,3H2,1-2H3. The lowest BCUT2D eigenvalue weighted by molar-refractivity contribution is 0.342. The second-order valence-corrected chi connectivity index (χ2v) is 3.31. The Morgan fingerprint density at radius 2 is 2.06 bits per heavy atom. The lowest BCUT2D eigenvalue weighted by Gasteiger charge is -2.04. The van der Waals surface area contributed by atoms with E-state index in [2.05, 4.69) is 25.4 Å². The first-order chi connectivity index (χ1) is 7.81. The molecule has 1 unspecified atom stereocenters. The zero-order valence-electron chi connectivity index (χ0n) is 9.21. The monoisotopic (exact) mass is 219 g/mol. The zero-order valence-corrected chi connectivity index (χ0v) is 9.21. The molecule has 0 saturated carbocycles. The molecular formula is C10H13N5O. The first-order valence-corrected chi connectivity index (χ1v) is 5.15. The quantitative estimate of drug-likeness (QED) is 0.832. The van der Waals surface area contributed by atoms with E-state index in [0.29, 0.717) is 17.5 Å². The number of nitrogens with one attached hydrogen (secondary N) is 1. The van der Waals surface area contributed by atoms with Crippen LogP contribution in [0, 0.1) is 0 Å². The second-order valence-electron chi connectivity index (χ2n) is 3.31. The predicted octanol–water partition coefficient (Wildman–Crippen LogP) is 1.20. The third kappa shape index (κ3) is 2.22. The molecule has 1 N–H and O–H groups in total. The summed E-state index contributed by atoms with van der Waals surface area (Å²) in [5.74, 6) is 1.44. The number of nitrogens with zero attached hydrogens (tertiary/aromatic N) is 4. The highest BCUT2D eigenvalue weighted by Crippen LogP contribution is 2.14. The average molecular weight is 219 g/mol. The Bertz CT molecular complexity index is 441. The van der Waals surface area contributed by atoms with Gasteiger partial charge in [0.05, 0.1) is 6.04 Å². The largest absolute Gasteiger partial charge is 0.337 e. The maximum atomic E-state index is 5.13. The van der Waals surface area contributed by atoms with Crippen LogP contribution in [0.1, 0.15) is 25.8 Å². The molecule has 0 bridgehead atoms. The highest BCUT2D eigenvalue weighted by atomic mass is 16.5. The molecular weight excluding hydrogens is 206 g/mol.